The zero-order valence-electron chi connectivity index (χ0n) is 14.1. The molecule has 1 fully saturated rings. The van der Waals surface area contributed by atoms with Crippen molar-refractivity contribution in [3.05, 3.63) is 58.3 Å². The van der Waals surface area contributed by atoms with Crippen LogP contribution in [0, 0.1) is 0 Å². The number of benzene rings is 1. The molecular weight excluding hydrogens is 316 g/mol. The Morgan fingerprint density at radius 2 is 1.92 bits per heavy atom. The van der Waals surface area contributed by atoms with E-state index >= 15 is 0 Å². The topological polar surface area (TPSA) is 32.3 Å². The lowest BCUT2D eigenvalue weighted by Crippen LogP contribution is -2.40. The van der Waals surface area contributed by atoms with Crippen LogP contribution in [0.4, 0.5) is 0 Å². The predicted octanol–water partition coefficient (Wildman–Crippen LogP) is 4.02. The van der Waals surface area contributed by atoms with Gasteiger partial charge in [0.2, 0.25) is 5.91 Å². The molecule has 1 amide bonds. The fraction of sp³-hybridized carbons (Fsp3) is 0.450. The van der Waals surface area contributed by atoms with Gasteiger partial charge in [-0.1, -0.05) is 36.8 Å². The lowest BCUT2D eigenvalue weighted by molar-refractivity contribution is -0.121. The van der Waals surface area contributed by atoms with Crippen LogP contribution in [0.2, 0.25) is 0 Å². The van der Waals surface area contributed by atoms with E-state index in [4.69, 9.17) is 0 Å². The van der Waals surface area contributed by atoms with Gasteiger partial charge in [0.15, 0.2) is 0 Å². The number of rotatable bonds is 7. The Hall–Kier alpha value is -1.65. The van der Waals surface area contributed by atoms with E-state index in [1.165, 1.54) is 30.4 Å². The van der Waals surface area contributed by atoms with Crippen molar-refractivity contribution in [3.63, 3.8) is 0 Å². The Labute approximate surface area is 148 Å². The van der Waals surface area contributed by atoms with Gasteiger partial charge in [-0.05, 0) is 60.3 Å². The Morgan fingerprint density at radius 3 is 2.62 bits per heavy atom. The second-order valence-electron chi connectivity index (χ2n) is 6.46. The van der Waals surface area contributed by atoms with Gasteiger partial charge in [0.25, 0.3) is 0 Å². The normalized spacial score (nSPS) is 16.7. The van der Waals surface area contributed by atoms with Gasteiger partial charge in [-0.25, -0.2) is 0 Å². The van der Waals surface area contributed by atoms with E-state index in [-0.39, 0.29) is 5.91 Å². The summed E-state index contributed by atoms with van der Waals surface area (Å²) in [6.07, 6.45) is 5.22. The lowest BCUT2D eigenvalue weighted by Gasteiger charge is -2.34. The van der Waals surface area contributed by atoms with E-state index in [1.54, 1.807) is 11.3 Å². The Kier molecular flexibility index (Phi) is 6.44. The summed E-state index contributed by atoms with van der Waals surface area (Å²) in [6.45, 7) is 2.99. The number of carbonyl (C=O) groups excluding carboxylic acids is 1. The number of carbonyl (C=O) groups is 1. The molecule has 2 aromatic rings. The summed E-state index contributed by atoms with van der Waals surface area (Å²) in [5, 5.41) is 7.51. The standard InChI is InChI=1S/C20H26N2OS/c23-20(10-9-17-7-3-1-4-8-17)21-15-19(18-11-14-24-16-18)22-12-5-2-6-13-22/h1,3-4,7-8,11,14,16,19H,2,5-6,9-10,12-13,15H2,(H,21,23). The van der Waals surface area contributed by atoms with Gasteiger partial charge >= 0.3 is 0 Å². The van der Waals surface area contributed by atoms with Crippen LogP contribution in [0.15, 0.2) is 47.2 Å². The summed E-state index contributed by atoms with van der Waals surface area (Å²) in [6, 6.07) is 12.7. The third-order valence-electron chi connectivity index (χ3n) is 4.74. The molecule has 1 aromatic carbocycles. The molecule has 4 heteroatoms. The molecule has 128 valence electrons. The molecular formula is C20H26N2OS. The van der Waals surface area contributed by atoms with Crippen molar-refractivity contribution < 1.29 is 4.79 Å². The van der Waals surface area contributed by atoms with E-state index in [9.17, 15) is 4.79 Å². The molecule has 1 aliphatic heterocycles. The average molecular weight is 343 g/mol. The second kappa shape index (κ2) is 9.00. The van der Waals surface area contributed by atoms with Gasteiger partial charge < -0.3 is 5.32 Å². The molecule has 1 N–H and O–H groups in total. The summed E-state index contributed by atoms with van der Waals surface area (Å²) in [5.74, 6) is 0.149. The van der Waals surface area contributed by atoms with E-state index in [2.05, 4.69) is 39.2 Å². The van der Waals surface area contributed by atoms with Crippen molar-refractivity contribution in [1.82, 2.24) is 10.2 Å². The number of likely N-dealkylation sites (tertiary alicyclic amines) is 1. The molecule has 3 rings (SSSR count). The Bertz CT molecular complexity index is 606. The summed E-state index contributed by atoms with van der Waals surface area (Å²) < 4.78 is 0. The van der Waals surface area contributed by atoms with E-state index in [0.717, 1.165) is 19.5 Å². The van der Waals surface area contributed by atoms with E-state index < -0.39 is 0 Å². The first-order valence-electron chi connectivity index (χ1n) is 8.90. The van der Waals surface area contributed by atoms with Crippen molar-refractivity contribution in [3.8, 4) is 0 Å². The summed E-state index contributed by atoms with van der Waals surface area (Å²) in [4.78, 5) is 14.8. The number of nitrogens with one attached hydrogen (secondary N) is 1. The minimum atomic E-state index is 0.149. The third-order valence-corrected chi connectivity index (χ3v) is 5.44. The summed E-state index contributed by atoms with van der Waals surface area (Å²) in [7, 11) is 0. The predicted molar refractivity (Wildman–Crippen MR) is 100 cm³/mol. The van der Waals surface area contributed by atoms with Crippen LogP contribution in [-0.4, -0.2) is 30.4 Å². The molecule has 3 nitrogen and oxygen atoms in total. The number of hydrogen-bond acceptors (Lipinski definition) is 3. The van der Waals surface area contributed by atoms with E-state index in [0.29, 0.717) is 19.0 Å². The molecule has 0 spiro atoms. The SMILES string of the molecule is O=C(CCc1ccccc1)NCC(c1ccsc1)N1CCCCC1. The first-order chi connectivity index (χ1) is 11.8. The molecule has 0 saturated carbocycles. The zero-order valence-corrected chi connectivity index (χ0v) is 14.9. The summed E-state index contributed by atoms with van der Waals surface area (Å²) >= 11 is 1.73. The molecule has 0 radical (unpaired) electrons. The largest absolute Gasteiger partial charge is 0.354 e. The van der Waals surface area contributed by atoms with Crippen molar-refractivity contribution in [2.45, 2.75) is 38.1 Å². The van der Waals surface area contributed by atoms with Crippen LogP contribution in [0.5, 0.6) is 0 Å². The van der Waals surface area contributed by atoms with Gasteiger partial charge in [-0.2, -0.15) is 11.3 Å². The van der Waals surface area contributed by atoms with Crippen LogP contribution in [-0.2, 0) is 11.2 Å². The van der Waals surface area contributed by atoms with Crippen molar-refractivity contribution in [1.29, 1.82) is 0 Å². The Balaban J connectivity index is 1.52. The van der Waals surface area contributed by atoms with Crippen LogP contribution < -0.4 is 5.32 Å². The fourth-order valence-corrected chi connectivity index (χ4v) is 4.06. The van der Waals surface area contributed by atoms with Gasteiger partial charge in [0.05, 0.1) is 6.04 Å². The molecule has 1 saturated heterocycles. The molecule has 1 unspecified atom stereocenters. The van der Waals surface area contributed by atoms with Gasteiger partial charge in [-0.15, -0.1) is 0 Å². The maximum atomic E-state index is 12.2. The van der Waals surface area contributed by atoms with Crippen LogP contribution >= 0.6 is 11.3 Å². The second-order valence-corrected chi connectivity index (χ2v) is 7.24. The number of hydrogen-bond donors (Lipinski definition) is 1. The van der Waals surface area contributed by atoms with Gasteiger partial charge in [-0.3, -0.25) is 9.69 Å². The molecule has 0 aliphatic carbocycles. The first kappa shape index (κ1) is 17.2. The monoisotopic (exact) mass is 342 g/mol. The highest BCUT2D eigenvalue weighted by molar-refractivity contribution is 7.07. The smallest absolute Gasteiger partial charge is 0.220 e. The van der Waals surface area contributed by atoms with Gasteiger partial charge in [0, 0.05) is 13.0 Å². The quantitative estimate of drug-likeness (QED) is 0.824. The zero-order chi connectivity index (χ0) is 16.6. The molecule has 0 bridgehead atoms. The minimum absolute atomic E-state index is 0.149. The third kappa shape index (κ3) is 4.92. The van der Waals surface area contributed by atoms with E-state index in [1.807, 2.05) is 18.2 Å². The number of piperidine rings is 1. The average Bonchev–Trinajstić information content (AvgIpc) is 3.16. The van der Waals surface area contributed by atoms with Crippen LogP contribution in [0.25, 0.3) is 0 Å². The lowest BCUT2D eigenvalue weighted by atomic mass is 10.0. The van der Waals surface area contributed by atoms with Crippen LogP contribution in [0.3, 0.4) is 0 Å². The number of nitrogens with zero attached hydrogens (tertiary/aromatic N) is 1. The highest BCUT2D eigenvalue weighted by Gasteiger charge is 2.23. The maximum Gasteiger partial charge on any atom is 0.220 e. The Morgan fingerprint density at radius 1 is 1.12 bits per heavy atom. The first-order valence-corrected chi connectivity index (χ1v) is 9.84. The van der Waals surface area contributed by atoms with Crippen molar-refractivity contribution in [2.24, 2.45) is 0 Å². The van der Waals surface area contributed by atoms with Crippen molar-refractivity contribution in [2.75, 3.05) is 19.6 Å². The highest BCUT2D eigenvalue weighted by Crippen LogP contribution is 2.25. The van der Waals surface area contributed by atoms with Crippen molar-refractivity contribution >= 4 is 17.2 Å². The molecule has 24 heavy (non-hydrogen) atoms. The van der Waals surface area contributed by atoms with Crippen LogP contribution in [0.1, 0.15) is 42.9 Å². The molecule has 2 heterocycles. The molecule has 1 aromatic heterocycles. The fourth-order valence-electron chi connectivity index (χ4n) is 3.35. The van der Waals surface area contributed by atoms with Gasteiger partial charge in [0.1, 0.15) is 0 Å². The maximum absolute atomic E-state index is 12.2. The minimum Gasteiger partial charge on any atom is -0.354 e. The molecule has 1 atom stereocenters. The summed E-state index contributed by atoms with van der Waals surface area (Å²) in [5.41, 5.74) is 2.56. The molecule has 1 aliphatic rings. The number of amides is 1. The number of thiophene rings is 1. The highest BCUT2D eigenvalue weighted by atomic mass is 32.1. The number of aryl methyl sites for hydroxylation is 1.